The van der Waals surface area contributed by atoms with E-state index in [2.05, 4.69) is 17.2 Å². The summed E-state index contributed by atoms with van der Waals surface area (Å²) in [7, 11) is 0. The first-order valence-electron chi connectivity index (χ1n) is 4.49. The number of nitrogen functional groups attached to an aromatic ring is 1. The number of halogens is 2. The highest BCUT2D eigenvalue weighted by Gasteiger charge is 2.09. The molecule has 0 aliphatic rings. The molecule has 3 nitrogen and oxygen atoms in total. The molecular formula is C11H10F2N2O. The molecule has 0 saturated heterocycles. The molecule has 0 spiro atoms. The molecule has 0 aromatic heterocycles. The predicted molar refractivity (Wildman–Crippen MR) is 56.3 cm³/mol. The number of anilines is 1. The minimum Gasteiger partial charge on any atom is -0.396 e. The fraction of sp³-hybridized carbons (Fsp3) is 0.182. The predicted octanol–water partition coefficient (Wildman–Crippen LogP) is 1.03. The van der Waals surface area contributed by atoms with Crippen LogP contribution in [0.25, 0.3) is 0 Å². The van der Waals surface area contributed by atoms with E-state index in [1.807, 2.05) is 0 Å². The van der Waals surface area contributed by atoms with E-state index < -0.39 is 11.6 Å². The lowest BCUT2D eigenvalue weighted by Gasteiger charge is -1.99. The molecule has 5 heteroatoms. The SMILES string of the molecule is CC(=O)NCC#Cc1ccc(N)c(F)c1F. The quantitative estimate of drug-likeness (QED) is 0.553. The zero-order valence-electron chi connectivity index (χ0n) is 8.60. The number of benzene rings is 1. The van der Waals surface area contributed by atoms with Gasteiger partial charge in [0.1, 0.15) is 0 Å². The molecule has 0 atom stereocenters. The zero-order valence-corrected chi connectivity index (χ0v) is 8.60. The Bertz CT molecular complexity index is 475. The van der Waals surface area contributed by atoms with Crippen molar-refractivity contribution in [2.24, 2.45) is 0 Å². The first kappa shape index (κ1) is 12.0. The monoisotopic (exact) mass is 224 g/mol. The van der Waals surface area contributed by atoms with Crippen molar-refractivity contribution in [2.75, 3.05) is 12.3 Å². The first-order chi connectivity index (χ1) is 7.52. The van der Waals surface area contributed by atoms with Crippen LogP contribution >= 0.6 is 0 Å². The van der Waals surface area contributed by atoms with E-state index in [0.29, 0.717) is 0 Å². The lowest BCUT2D eigenvalue weighted by Crippen LogP contribution is -2.19. The maximum atomic E-state index is 13.2. The number of hydrogen-bond donors (Lipinski definition) is 2. The largest absolute Gasteiger partial charge is 0.396 e. The summed E-state index contributed by atoms with van der Waals surface area (Å²) in [6.07, 6.45) is 0. The van der Waals surface area contributed by atoms with E-state index in [9.17, 15) is 13.6 Å². The van der Waals surface area contributed by atoms with E-state index in [4.69, 9.17) is 5.73 Å². The van der Waals surface area contributed by atoms with E-state index in [0.717, 1.165) is 0 Å². The zero-order chi connectivity index (χ0) is 12.1. The van der Waals surface area contributed by atoms with Crippen LogP contribution in [0.5, 0.6) is 0 Å². The maximum Gasteiger partial charge on any atom is 0.217 e. The van der Waals surface area contributed by atoms with Crippen LogP contribution in [0.2, 0.25) is 0 Å². The maximum absolute atomic E-state index is 13.2. The van der Waals surface area contributed by atoms with Crippen molar-refractivity contribution in [3.63, 3.8) is 0 Å². The van der Waals surface area contributed by atoms with Gasteiger partial charge >= 0.3 is 0 Å². The van der Waals surface area contributed by atoms with Crippen molar-refractivity contribution in [3.8, 4) is 11.8 Å². The average Bonchev–Trinajstić information content (AvgIpc) is 2.23. The topological polar surface area (TPSA) is 55.1 Å². The Morgan fingerprint density at radius 3 is 2.75 bits per heavy atom. The number of hydrogen-bond acceptors (Lipinski definition) is 2. The molecule has 1 aromatic rings. The van der Waals surface area contributed by atoms with Gasteiger partial charge in [-0.15, -0.1) is 0 Å². The van der Waals surface area contributed by atoms with Crippen molar-refractivity contribution in [1.29, 1.82) is 0 Å². The van der Waals surface area contributed by atoms with Crippen LogP contribution in [-0.4, -0.2) is 12.5 Å². The number of nitrogens with one attached hydrogen (secondary N) is 1. The molecule has 0 bridgehead atoms. The fourth-order valence-electron chi connectivity index (χ4n) is 0.969. The van der Waals surface area contributed by atoms with Gasteiger partial charge in [-0.1, -0.05) is 11.8 Å². The van der Waals surface area contributed by atoms with E-state index >= 15 is 0 Å². The number of nitrogens with two attached hydrogens (primary N) is 1. The van der Waals surface area contributed by atoms with Crippen LogP contribution in [0, 0.1) is 23.5 Å². The molecule has 0 radical (unpaired) electrons. The molecular weight excluding hydrogens is 214 g/mol. The van der Waals surface area contributed by atoms with Crippen molar-refractivity contribution < 1.29 is 13.6 Å². The summed E-state index contributed by atoms with van der Waals surface area (Å²) in [6.45, 7) is 1.42. The van der Waals surface area contributed by atoms with Crippen molar-refractivity contribution in [2.45, 2.75) is 6.92 Å². The lowest BCUT2D eigenvalue weighted by molar-refractivity contribution is -0.118. The minimum atomic E-state index is -1.11. The summed E-state index contributed by atoms with van der Waals surface area (Å²) >= 11 is 0. The highest BCUT2D eigenvalue weighted by molar-refractivity contribution is 5.73. The normalized spacial score (nSPS) is 9.19. The molecule has 0 aliphatic carbocycles. The molecule has 3 N–H and O–H groups in total. The Hall–Kier alpha value is -2.09. The number of amides is 1. The van der Waals surface area contributed by atoms with E-state index in [1.165, 1.54) is 19.1 Å². The third-order valence-electron chi connectivity index (χ3n) is 1.76. The number of rotatable bonds is 1. The van der Waals surface area contributed by atoms with Crippen LogP contribution in [0.4, 0.5) is 14.5 Å². The first-order valence-corrected chi connectivity index (χ1v) is 4.49. The second kappa shape index (κ2) is 5.12. The Morgan fingerprint density at radius 1 is 1.44 bits per heavy atom. The molecule has 0 heterocycles. The summed E-state index contributed by atoms with van der Waals surface area (Å²) in [6, 6.07) is 2.52. The van der Waals surface area contributed by atoms with Crippen molar-refractivity contribution in [3.05, 3.63) is 29.3 Å². The summed E-state index contributed by atoms with van der Waals surface area (Å²) in [5, 5.41) is 2.41. The average molecular weight is 224 g/mol. The Morgan fingerprint density at radius 2 is 2.12 bits per heavy atom. The van der Waals surface area contributed by atoms with Crippen molar-refractivity contribution >= 4 is 11.6 Å². The molecule has 1 aromatic carbocycles. The van der Waals surface area contributed by atoms with Gasteiger partial charge in [0.05, 0.1) is 17.8 Å². The van der Waals surface area contributed by atoms with Crippen LogP contribution in [0.1, 0.15) is 12.5 Å². The highest BCUT2D eigenvalue weighted by Crippen LogP contribution is 2.16. The van der Waals surface area contributed by atoms with Crippen LogP contribution in [0.3, 0.4) is 0 Å². The third kappa shape index (κ3) is 2.95. The second-order valence-corrected chi connectivity index (χ2v) is 3.04. The van der Waals surface area contributed by atoms with Gasteiger partial charge in [-0.2, -0.15) is 0 Å². The lowest BCUT2D eigenvalue weighted by atomic mass is 10.2. The molecule has 16 heavy (non-hydrogen) atoms. The van der Waals surface area contributed by atoms with Gasteiger partial charge in [0.15, 0.2) is 11.6 Å². The molecule has 0 unspecified atom stereocenters. The highest BCUT2D eigenvalue weighted by atomic mass is 19.2. The number of carbonyl (C=O) groups is 1. The molecule has 0 aliphatic heterocycles. The molecule has 1 amide bonds. The van der Waals surface area contributed by atoms with Crippen LogP contribution in [0.15, 0.2) is 12.1 Å². The number of carbonyl (C=O) groups excluding carboxylic acids is 1. The third-order valence-corrected chi connectivity index (χ3v) is 1.76. The molecule has 0 fully saturated rings. The van der Waals surface area contributed by atoms with E-state index in [1.54, 1.807) is 0 Å². The molecule has 0 saturated carbocycles. The van der Waals surface area contributed by atoms with Gasteiger partial charge in [-0.05, 0) is 12.1 Å². The Labute approximate surface area is 91.6 Å². The van der Waals surface area contributed by atoms with Gasteiger partial charge in [0.25, 0.3) is 0 Å². The molecule has 84 valence electrons. The Balaban J connectivity index is 2.82. The van der Waals surface area contributed by atoms with Gasteiger partial charge in [-0.3, -0.25) is 4.79 Å². The summed E-state index contributed by atoms with van der Waals surface area (Å²) < 4.78 is 26.2. The van der Waals surface area contributed by atoms with Crippen LogP contribution < -0.4 is 11.1 Å². The van der Waals surface area contributed by atoms with Crippen LogP contribution in [-0.2, 0) is 4.79 Å². The molecule has 1 rings (SSSR count). The Kier molecular flexibility index (Phi) is 3.84. The van der Waals surface area contributed by atoms with Gasteiger partial charge < -0.3 is 11.1 Å². The second-order valence-electron chi connectivity index (χ2n) is 3.04. The van der Waals surface area contributed by atoms with Gasteiger partial charge in [-0.25, -0.2) is 8.78 Å². The van der Waals surface area contributed by atoms with Crippen molar-refractivity contribution in [1.82, 2.24) is 5.32 Å². The smallest absolute Gasteiger partial charge is 0.217 e. The summed E-state index contributed by atoms with van der Waals surface area (Å²) in [4.78, 5) is 10.5. The summed E-state index contributed by atoms with van der Waals surface area (Å²) in [5.74, 6) is 2.48. The fourth-order valence-corrected chi connectivity index (χ4v) is 0.969. The van der Waals surface area contributed by atoms with E-state index in [-0.39, 0.29) is 23.7 Å². The van der Waals surface area contributed by atoms with Gasteiger partial charge in [0, 0.05) is 6.92 Å². The van der Waals surface area contributed by atoms with Gasteiger partial charge in [0.2, 0.25) is 5.91 Å². The minimum absolute atomic E-state index is 0.0841. The summed E-state index contributed by atoms with van der Waals surface area (Å²) in [5.41, 5.74) is 4.82. The standard InChI is InChI=1S/C11H10F2N2O/c1-7(16)15-6-2-3-8-4-5-9(14)11(13)10(8)12/h4-5H,6,14H2,1H3,(H,15,16).